The molecule has 1 amide bonds. The second kappa shape index (κ2) is 9.51. The van der Waals surface area contributed by atoms with E-state index in [1.165, 1.54) is 14.2 Å². The number of hydrogen-bond donors (Lipinski definition) is 2. The van der Waals surface area contributed by atoms with Gasteiger partial charge in [-0.25, -0.2) is 0 Å². The molecular formula is C18H22Cl2N2O3. The van der Waals surface area contributed by atoms with Gasteiger partial charge in [-0.05, 0) is 11.6 Å². The lowest BCUT2D eigenvalue weighted by Crippen LogP contribution is -2.30. The molecule has 25 heavy (non-hydrogen) atoms. The Bertz CT molecular complexity index is 711. The number of nitrogens with two attached hydrogens (primary N) is 1. The van der Waals surface area contributed by atoms with E-state index in [0.717, 1.165) is 5.56 Å². The average molecular weight is 385 g/mol. The molecule has 2 atom stereocenters. The first-order valence-electron chi connectivity index (χ1n) is 7.50. The van der Waals surface area contributed by atoms with Crippen LogP contribution < -0.4 is 20.5 Å². The summed E-state index contributed by atoms with van der Waals surface area (Å²) >= 11 is 6.12. The zero-order valence-electron chi connectivity index (χ0n) is 14.3. The summed E-state index contributed by atoms with van der Waals surface area (Å²) in [5.41, 5.74) is 7.58. The van der Waals surface area contributed by atoms with E-state index >= 15 is 0 Å². The molecule has 0 spiro atoms. The smallest absolute Gasteiger partial charge is 0.229 e. The Balaban J connectivity index is 0.00000312. The van der Waals surface area contributed by atoms with Gasteiger partial charge in [-0.3, -0.25) is 4.79 Å². The van der Waals surface area contributed by atoms with Crippen LogP contribution in [0.3, 0.4) is 0 Å². The van der Waals surface area contributed by atoms with Gasteiger partial charge in [0.1, 0.15) is 11.5 Å². The number of methoxy groups -OCH3 is 2. The largest absolute Gasteiger partial charge is 0.495 e. The van der Waals surface area contributed by atoms with Crippen molar-refractivity contribution in [2.75, 3.05) is 19.5 Å². The minimum absolute atomic E-state index is 0. The molecular weight excluding hydrogens is 363 g/mol. The number of ether oxygens (including phenoxy) is 2. The van der Waals surface area contributed by atoms with Gasteiger partial charge in [0, 0.05) is 12.1 Å². The summed E-state index contributed by atoms with van der Waals surface area (Å²) in [6.07, 6.45) is 0. The summed E-state index contributed by atoms with van der Waals surface area (Å²) in [6, 6.07) is 12.3. The van der Waals surface area contributed by atoms with Crippen molar-refractivity contribution in [1.29, 1.82) is 0 Å². The van der Waals surface area contributed by atoms with Crippen LogP contribution in [0.1, 0.15) is 18.5 Å². The highest BCUT2D eigenvalue weighted by atomic mass is 35.5. The molecule has 136 valence electrons. The first-order valence-corrected chi connectivity index (χ1v) is 7.88. The predicted molar refractivity (Wildman–Crippen MR) is 103 cm³/mol. The molecule has 0 saturated carbocycles. The van der Waals surface area contributed by atoms with Crippen molar-refractivity contribution >= 4 is 35.6 Å². The number of anilines is 1. The van der Waals surface area contributed by atoms with Gasteiger partial charge in [-0.2, -0.15) is 0 Å². The van der Waals surface area contributed by atoms with Crippen LogP contribution in [0.2, 0.25) is 5.02 Å². The van der Waals surface area contributed by atoms with E-state index in [1.54, 1.807) is 19.1 Å². The summed E-state index contributed by atoms with van der Waals surface area (Å²) in [6.45, 7) is 1.78. The topological polar surface area (TPSA) is 73.6 Å². The Morgan fingerprint density at radius 3 is 2.28 bits per heavy atom. The van der Waals surface area contributed by atoms with Crippen molar-refractivity contribution in [1.82, 2.24) is 0 Å². The molecule has 0 aliphatic heterocycles. The average Bonchev–Trinajstić information content (AvgIpc) is 2.61. The number of carbonyl (C=O) groups is 1. The van der Waals surface area contributed by atoms with E-state index in [-0.39, 0.29) is 18.3 Å². The minimum Gasteiger partial charge on any atom is -0.495 e. The number of nitrogens with one attached hydrogen (secondary N) is 1. The highest BCUT2D eigenvalue weighted by Crippen LogP contribution is 2.36. The number of hydrogen-bond acceptors (Lipinski definition) is 4. The number of carbonyl (C=O) groups excluding carboxylic acids is 1. The monoisotopic (exact) mass is 384 g/mol. The van der Waals surface area contributed by atoms with Crippen molar-refractivity contribution in [3.63, 3.8) is 0 Å². The Kier molecular flexibility index (Phi) is 8.03. The summed E-state index contributed by atoms with van der Waals surface area (Å²) in [7, 11) is 3.03. The zero-order valence-corrected chi connectivity index (χ0v) is 15.9. The van der Waals surface area contributed by atoms with Gasteiger partial charge in [0.05, 0.1) is 30.8 Å². The van der Waals surface area contributed by atoms with Crippen LogP contribution >= 0.6 is 24.0 Å². The standard InChI is InChI=1S/C18H21ClN2O3.ClH/c1-11(17(20)12-7-5-4-6-8-12)18(22)21-14-9-13(19)15(23-2)10-16(14)24-3;/h4-11,17H,20H2,1-3H3,(H,21,22);1H. The summed E-state index contributed by atoms with van der Waals surface area (Å²) in [4.78, 5) is 12.5. The van der Waals surface area contributed by atoms with E-state index < -0.39 is 12.0 Å². The fourth-order valence-electron chi connectivity index (χ4n) is 2.33. The lowest BCUT2D eigenvalue weighted by atomic mass is 9.94. The lowest BCUT2D eigenvalue weighted by molar-refractivity contribution is -0.120. The molecule has 7 heteroatoms. The molecule has 0 saturated heterocycles. The number of halogens is 2. The van der Waals surface area contributed by atoms with Gasteiger partial charge in [-0.1, -0.05) is 48.9 Å². The van der Waals surface area contributed by atoms with E-state index in [9.17, 15) is 4.79 Å². The highest BCUT2D eigenvalue weighted by molar-refractivity contribution is 6.32. The second-order valence-electron chi connectivity index (χ2n) is 5.40. The summed E-state index contributed by atoms with van der Waals surface area (Å²) in [5.74, 6) is 0.287. The molecule has 3 N–H and O–H groups in total. The normalized spacial score (nSPS) is 12.5. The number of amides is 1. The quantitative estimate of drug-likeness (QED) is 0.787. The SMILES string of the molecule is COc1cc(OC)c(NC(=O)C(C)C(N)c2ccccc2)cc1Cl.Cl. The molecule has 0 aromatic heterocycles. The van der Waals surface area contributed by atoms with Crippen molar-refractivity contribution in [2.24, 2.45) is 11.7 Å². The first-order chi connectivity index (χ1) is 11.5. The Hall–Kier alpha value is -1.95. The fourth-order valence-corrected chi connectivity index (χ4v) is 2.57. The maximum atomic E-state index is 12.5. The molecule has 2 unspecified atom stereocenters. The summed E-state index contributed by atoms with van der Waals surface area (Å²) in [5, 5.41) is 3.20. The Morgan fingerprint density at radius 2 is 1.72 bits per heavy atom. The Labute approximate surface area is 158 Å². The Morgan fingerprint density at radius 1 is 1.12 bits per heavy atom. The van der Waals surface area contributed by atoms with Crippen LogP contribution in [-0.4, -0.2) is 20.1 Å². The van der Waals surface area contributed by atoms with Crippen LogP contribution in [0.25, 0.3) is 0 Å². The van der Waals surface area contributed by atoms with Crippen LogP contribution in [-0.2, 0) is 4.79 Å². The van der Waals surface area contributed by atoms with Crippen LogP contribution in [0.15, 0.2) is 42.5 Å². The second-order valence-corrected chi connectivity index (χ2v) is 5.81. The van der Waals surface area contributed by atoms with Gasteiger partial charge in [0.15, 0.2) is 0 Å². The van der Waals surface area contributed by atoms with Gasteiger partial charge < -0.3 is 20.5 Å². The lowest BCUT2D eigenvalue weighted by Gasteiger charge is -2.21. The third-order valence-corrected chi connectivity index (χ3v) is 4.16. The molecule has 0 bridgehead atoms. The molecule has 0 fully saturated rings. The fraction of sp³-hybridized carbons (Fsp3) is 0.278. The zero-order chi connectivity index (χ0) is 17.7. The van der Waals surface area contributed by atoms with E-state index in [1.807, 2.05) is 30.3 Å². The van der Waals surface area contributed by atoms with Gasteiger partial charge in [0.2, 0.25) is 5.91 Å². The highest BCUT2D eigenvalue weighted by Gasteiger charge is 2.23. The number of benzene rings is 2. The van der Waals surface area contributed by atoms with E-state index in [0.29, 0.717) is 22.2 Å². The van der Waals surface area contributed by atoms with Gasteiger partial charge in [0.25, 0.3) is 0 Å². The summed E-state index contributed by atoms with van der Waals surface area (Å²) < 4.78 is 10.4. The molecule has 2 aromatic carbocycles. The minimum atomic E-state index is -0.432. The van der Waals surface area contributed by atoms with Crippen LogP contribution in [0.4, 0.5) is 5.69 Å². The third-order valence-electron chi connectivity index (χ3n) is 3.87. The van der Waals surface area contributed by atoms with E-state index in [4.69, 9.17) is 26.8 Å². The van der Waals surface area contributed by atoms with Crippen molar-refractivity contribution in [3.8, 4) is 11.5 Å². The van der Waals surface area contributed by atoms with Crippen molar-refractivity contribution in [3.05, 3.63) is 53.1 Å². The molecule has 2 rings (SSSR count). The molecule has 0 aliphatic rings. The first kappa shape index (κ1) is 21.1. The maximum Gasteiger partial charge on any atom is 0.229 e. The van der Waals surface area contributed by atoms with Crippen molar-refractivity contribution < 1.29 is 14.3 Å². The number of rotatable bonds is 6. The molecule has 0 aliphatic carbocycles. The van der Waals surface area contributed by atoms with Gasteiger partial charge >= 0.3 is 0 Å². The molecule has 2 aromatic rings. The molecule has 0 radical (unpaired) electrons. The molecule has 0 heterocycles. The van der Waals surface area contributed by atoms with Crippen LogP contribution in [0.5, 0.6) is 11.5 Å². The van der Waals surface area contributed by atoms with Crippen molar-refractivity contribution in [2.45, 2.75) is 13.0 Å². The molecule has 5 nitrogen and oxygen atoms in total. The van der Waals surface area contributed by atoms with Crippen LogP contribution in [0, 0.1) is 5.92 Å². The van der Waals surface area contributed by atoms with E-state index in [2.05, 4.69) is 5.32 Å². The van der Waals surface area contributed by atoms with Gasteiger partial charge in [-0.15, -0.1) is 12.4 Å². The maximum absolute atomic E-state index is 12.5. The third kappa shape index (κ3) is 5.01. The predicted octanol–water partition coefficient (Wildman–Crippen LogP) is 4.05.